The van der Waals surface area contributed by atoms with Crippen LogP contribution in [0.1, 0.15) is 5.56 Å². The van der Waals surface area contributed by atoms with Gasteiger partial charge in [0, 0.05) is 36.6 Å². The van der Waals surface area contributed by atoms with Crippen molar-refractivity contribution in [1.29, 1.82) is 0 Å². The molecule has 1 saturated carbocycles. The summed E-state index contributed by atoms with van der Waals surface area (Å²) in [5, 5.41) is 18.5. The maximum Gasteiger partial charge on any atom is 0.407 e. The van der Waals surface area contributed by atoms with Gasteiger partial charge in [-0.15, -0.1) is 0 Å². The third kappa shape index (κ3) is 3.02. The fraction of sp³-hybridized carbons (Fsp3) is 0.333. The Morgan fingerprint density at radius 3 is 2.52 bits per heavy atom. The molecule has 130 valence electrons. The van der Waals surface area contributed by atoms with Crippen LogP contribution in [0.25, 0.3) is 11.3 Å². The van der Waals surface area contributed by atoms with Crippen LogP contribution in [0.3, 0.4) is 0 Å². The van der Waals surface area contributed by atoms with Gasteiger partial charge in [-0.3, -0.25) is 0 Å². The second-order valence-corrected chi connectivity index (χ2v) is 6.46. The Morgan fingerprint density at radius 2 is 1.92 bits per heavy atom. The van der Waals surface area contributed by atoms with Gasteiger partial charge in [-0.1, -0.05) is 0 Å². The zero-order valence-electron chi connectivity index (χ0n) is 13.3. The molecule has 2 N–H and O–H groups in total. The van der Waals surface area contributed by atoms with Crippen molar-refractivity contribution in [3.63, 3.8) is 0 Å². The van der Waals surface area contributed by atoms with Crippen molar-refractivity contribution >= 4 is 6.09 Å². The molecule has 2 aromatic rings. The zero-order chi connectivity index (χ0) is 17.6. The molecular formula is C18H17FN2O4. The molecule has 0 spiro atoms. The van der Waals surface area contributed by atoms with Crippen LogP contribution >= 0.6 is 0 Å². The second kappa shape index (κ2) is 6.00. The number of ether oxygens (including phenoxy) is 1. The molecule has 2 aliphatic rings. The molecule has 1 saturated heterocycles. The first-order valence-corrected chi connectivity index (χ1v) is 8.07. The molecule has 1 aliphatic carbocycles. The molecular weight excluding hydrogens is 327 g/mol. The van der Waals surface area contributed by atoms with Gasteiger partial charge in [0.15, 0.2) is 0 Å². The predicted octanol–water partition coefficient (Wildman–Crippen LogP) is 2.37. The third-order valence-corrected chi connectivity index (χ3v) is 4.83. The summed E-state index contributed by atoms with van der Waals surface area (Å²) in [4.78, 5) is 16.8. The molecule has 7 heteroatoms. The summed E-state index contributed by atoms with van der Waals surface area (Å²) in [5.74, 6) is 0.467. The van der Waals surface area contributed by atoms with Crippen LogP contribution in [0.4, 0.5) is 9.18 Å². The maximum absolute atomic E-state index is 13.1. The SMILES string of the molecule is O=C(O)N1C[C@@H]2[C@H](C1)[C@@H]2Oc1cc(CO)cc(-c2ccc(F)cc2)n1. The first-order valence-electron chi connectivity index (χ1n) is 8.07. The number of aliphatic hydroxyl groups excluding tert-OH is 1. The number of fused-ring (bicyclic) bond motifs is 1. The van der Waals surface area contributed by atoms with Gasteiger partial charge in [0.05, 0.1) is 12.3 Å². The van der Waals surface area contributed by atoms with Gasteiger partial charge in [0.25, 0.3) is 0 Å². The monoisotopic (exact) mass is 344 g/mol. The average Bonchev–Trinajstić information content (AvgIpc) is 3.05. The molecule has 2 heterocycles. The van der Waals surface area contributed by atoms with E-state index >= 15 is 0 Å². The van der Waals surface area contributed by atoms with Crippen LogP contribution in [0, 0.1) is 17.7 Å². The number of halogens is 1. The fourth-order valence-electron chi connectivity index (χ4n) is 3.42. The van der Waals surface area contributed by atoms with E-state index in [-0.39, 0.29) is 30.4 Å². The molecule has 4 rings (SSSR count). The number of hydrogen-bond donors (Lipinski definition) is 2. The minimum Gasteiger partial charge on any atom is -0.474 e. The van der Waals surface area contributed by atoms with Gasteiger partial charge in [-0.25, -0.2) is 14.2 Å². The van der Waals surface area contributed by atoms with E-state index in [0.717, 1.165) is 5.56 Å². The van der Waals surface area contributed by atoms with Crippen molar-refractivity contribution in [3.8, 4) is 17.1 Å². The Labute approximate surface area is 143 Å². The van der Waals surface area contributed by atoms with Gasteiger partial charge in [-0.2, -0.15) is 0 Å². The lowest BCUT2D eigenvalue weighted by Crippen LogP contribution is -2.31. The van der Waals surface area contributed by atoms with E-state index in [1.165, 1.54) is 17.0 Å². The number of carbonyl (C=O) groups is 1. The molecule has 0 unspecified atom stereocenters. The quantitative estimate of drug-likeness (QED) is 0.890. The topological polar surface area (TPSA) is 82.9 Å². The number of rotatable bonds is 4. The number of benzene rings is 1. The molecule has 0 radical (unpaired) electrons. The normalized spacial score (nSPS) is 24.1. The van der Waals surface area contributed by atoms with E-state index in [1.54, 1.807) is 24.3 Å². The largest absolute Gasteiger partial charge is 0.474 e. The minimum atomic E-state index is -0.898. The number of piperidine rings is 1. The Kier molecular flexibility index (Phi) is 3.80. The van der Waals surface area contributed by atoms with Gasteiger partial charge in [-0.05, 0) is 35.9 Å². The summed E-state index contributed by atoms with van der Waals surface area (Å²) >= 11 is 0. The van der Waals surface area contributed by atoms with E-state index in [2.05, 4.69) is 4.98 Å². The van der Waals surface area contributed by atoms with Gasteiger partial charge in [0.1, 0.15) is 11.9 Å². The summed E-state index contributed by atoms with van der Waals surface area (Å²) in [7, 11) is 0. The van der Waals surface area contributed by atoms with E-state index in [1.807, 2.05) is 0 Å². The van der Waals surface area contributed by atoms with Crippen molar-refractivity contribution in [1.82, 2.24) is 9.88 Å². The summed E-state index contributed by atoms with van der Waals surface area (Å²) < 4.78 is 19.0. The molecule has 6 nitrogen and oxygen atoms in total. The van der Waals surface area contributed by atoms with E-state index in [9.17, 15) is 14.3 Å². The molecule has 25 heavy (non-hydrogen) atoms. The first kappa shape index (κ1) is 15.8. The van der Waals surface area contributed by atoms with Crippen molar-refractivity contribution < 1.29 is 24.1 Å². The second-order valence-electron chi connectivity index (χ2n) is 6.46. The highest BCUT2D eigenvalue weighted by molar-refractivity contribution is 5.66. The van der Waals surface area contributed by atoms with Crippen LogP contribution in [0.5, 0.6) is 5.88 Å². The average molecular weight is 344 g/mol. The number of pyridine rings is 1. The number of hydrogen-bond acceptors (Lipinski definition) is 4. The Bertz CT molecular complexity index is 799. The van der Waals surface area contributed by atoms with Gasteiger partial charge >= 0.3 is 6.09 Å². The zero-order valence-corrected chi connectivity index (χ0v) is 13.3. The summed E-state index contributed by atoms with van der Waals surface area (Å²) in [6.45, 7) is 0.807. The predicted molar refractivity (Wildman–Crippen MR) is 86.5 cm³/mol. The number of nitrogens with zero attached hydrogens (tertiary/aromatic N) is 2. The highest BCUT2D eigenvalue weighted by Gasteiger charge is 2.59. The number of aromatic nitrogens is 1. The van der Waals surface area contributed by atoms with E-state index < -0.39 is 6.09 Å². The standard InChI is InChI=1S/C18H17FN2O4/c19-12-3-1-11(2-4-12)15-5-10(9-22)6-16(20-15)25-17-13-7-21(18(23)24)8-14(13)17/h1-6,13-14,17,22H,7-9H2,(H,23,24)/t13-,14+,17-. The van der Waals surface area contributed by atoms with E-state index in [4.69, 9.17) is 9.84 Å². The van der Waals surface area contributed by atoms with Gasteiger partial charge < -0.3 is 19.8 Å². The van der Waals surface area contributed by atoms with Crippen LogP contribution in [-0.4, -0.2) is 45.4 Å². The molecule has 3 atom stereocenters. The Hall–Kier alpha value is -2.67. The lowest BCUT2D eigenvalue weighted by Gasteiger charge is -2.17. The Morgan fingerprint density at radius 1 is 1.24 bits per heavy atom. The van der Waals surface area contributed by atoms with Crippen LogP contribution in [0.15, 0.2) is 36.4 Å². The van der Waals surface area contributed by atoms with Crippen LogP contribution < -0.4 is 4.74 Å². The van der Waals surface area contributed by atoms with Crippen molar-refractivity contribution in [2.75, 3.05) is 13.1 Å². The molecule has 1 aromatic carbocycles. The molecule has 1 aliphatic heterocycles. The lowest BCUT2D eigenvalue weighted by molar-refractivity contribution is 0.139. The summed E-state index contributed by atoms with van der Waals surface area (Å²) in [6, 6.07) is 9.37. The maximum atomic E-state index is 13.1. The van der Waals surface area contributed by atoms with Crippen molar-refractivity contribution in [2.45, 2.75) is 12.7 Å². The number of amides is 1. The van der Waals surface area contributed by atoms with Crippen molar-refractivity contribution in [3.05, 3.63) is 47.8 Å². The summed E-state index contributed by atoms with van der Waals surface area (Å²) in [6.07, 6.45) is -0.942. The fourth-order valence-corrected chi connectivity index (χ4v) is 3.42. The minimum absolute atomic E-state index is 0.0434. The van der Waals surface area contributed by atoms with Gasteiger partial charge in [0.2, 0.25) is 5.88 Å². The molecule has 2 fully saturated rings. The molecule has 1 aromatic heterocycles. The first-order chi connectivity index (χ1) is 12.0. The number of likely N-dealkylation sites (tertiary alicyclic amines) is 1. The molecule has 0 bridgehead atoms. The number of aliphatic hydroxyl groups is 1. The Balaban J connectivity index is 1.52. The molecule has 1 amide bonds. The van der Waals surface area contributed by atoms with Crippen LogP contribution in [-0.2, 0) is 6.61 Å². The summed E-state index contributed by atoms with van der Waals surface area (Å²) in [5.41, 5.74) is 1.98. The van der Waals surface area contributed by atoms with Crippen molar-refractivity contribution in [2.24, 2.45) is 11.8 Å². The smallest absolute Gasteiger partial charge is 0.407 e. The van der Waals surface area contributed by atoms with E-state index in [0.29, 0.717) is 30.2 Å². The highest BCUT2D eigenvalue weighted by atomic mass is 19.1. The highest BCUT2D eigenvalue weighted by Crippen LogP contribution is 2.47. The third-order valence-electron chi connectivity index (χ3n) is 4.83. The number of carboxylic acid groups (broad SMARTS) is 1. The lowest BCUT2D eigenvalue weighted by atomic mass is 10.1. The van der Waals surface area contributed by atoms with Crippen LogP contribution in [0.2, 0.25) is 0 Å².